The van der Waals surface area contributed by atoms with Gasteiger partial charge in [-0.2, -0.15) is 4.98 Å². The van der Waals surface area contributed by atoms with Crippen LogP contribution in [0.4, 0.5) is 5.82 Å². The van der Waals surface area contributed by atoms with Gasteiger partial charge in [-0.25, -0.2) is 4.98 Å². The first-order chi connectivity index (χ1) is 12.8. The molecule has 0 aliphatic carbocycles. The number of pyridine rings is 1. The highest BCUT2D eigenvalue weighted by Crippen LogP contribution is 2.21. The van der Waals surface area contributed by atoms with Crippen molar-refractivity contribution in [1.29, 1.82) is 0 Å². The SMILES string of the molecule is O=C(NCc1ccco1)c1nc(-c2ccnc(N3CCOCC3)c2)no1. The van der Waals surface area contributed by atoms with E-state index in [1.54, 1.807) is 30.7 Å². The number of hydrogen-bond donors (Lipinski definition) is 1. The molecule has 1 aliphatic heterocycles. The summed E-state index contributed by atoms with van der Waals surface area (Å²) in [5.74, 6) is 1.24. The molecule has 9 nitrogen and oxygen atoms in total. The van der Waals surface area contributed by atoms with Crippen molar-refractivity contribution in [1.82, 2.24) is 20.4 Å². The molecule has 0 atom stereocenters. The van der Waals surface area contributed by atoms with E-state index in [0.29, 0.717) is 24.8 Å². The standard InChI is InChI=1S/C17H17N5O4/c23-16(19-11-13-2-1-7-25-13)17-20-15(21-26-17)12-3-4-18-14(10-12)22-5-8-24-9-6-22/h1-4,7,10H,5-6,8-9,11H2,(H,19,23). The van der Waals surface area contributed by atoms with Crippen LogP contribution in [0.3, 0.4) is 0 Å². The number of hydrogen-bond acceptors (Lipinski definition) is 8. The van der Waals surface area contributed by atoms with Crippen molar-refractivity contribution in [2.45, 2.75) is 6.54 Å². The molecular formula is C17H17N5O4. The highest BCUT2D eigenvalue weighted by molar-refractivity contribution is 5.89. The van der Waals surface area contributed by atoms with Crippen LogP contribution in [-0.2, 0) is 11.3 Å². The Balaban J connectivity index is 1.46. The van der Waals surface area contributed by atoms with Gasteiger partial charge in [-0.1, -0.05) is 5.16 Å². The van der Waals surface area contributed by atoms with Crippen molar-refractivity contribution in [3.63, 3.8) is 0 Å². The van der Waals surface area contributed by atoms with Gasteiger partial charge in [-0.05, 0) is 24.3 Å². The Hall–Kier alpha value is -3.20. The van der Waals surface area contributed by atoms with Crippen molar-refractivity contribution in [3.8, 4) is 11.4 Å². The summed E-state index contributed by atoms with van der Waals surface area (Å²) in [6.45, 7) is 3.16. The molecule has 0 unspecified atom stereocenters. The number of furan rings is 1. The van der Waals surface area contributed by atoms with E-state index in [1.807, 2.05) is 6.07 Å². The lowest BCUT2D eigenvalue weighted by atomic mass is 10.2. The first-order valence-corrected chi connectivity index (χ1v) is 8.23. The van der Waals surface area contributed by atoms with Crippen LogP contribution in [0, 0.1) is 0 Å². The number of carbonyl (C=O) groups is 1. The maximum atomic E-state index is 12.1. The smallest absolute Gasteiger partial charge is 0.316 e. The van der Waals surface area contributed by atoms with Gasteiger partial charge in [-0.3, -0.25) is 4.79 Å². The van der Waals surface area contributed by atoms with Crippen LogP contribution >= 0.6 is 0 Å². The third-order valence-corrected chi connectivity index (χ3v) is 3.96. The number of amides is 1. The van der Waals surface area contributed by atoms with Crippen LogP contribution in [0.25, 0.3) is 11.4 Å². The molecule has 0 spiro atoms. The molecule has 134 valence electrons. The van der Waals surface area contributed by atoms with E-state index in [-0.39, 0.29) is 12.4 Å². The maximum absolute atomic E-state index is 12.1. The Kier molecular flexibility index (Phi) is 4.61. The van der Waals surface area contributed by atoms with Gasteiger partial charge in [0.1, 0.15) is 11.6 Å². The van der Waals surface area contributed by atoms with E-state index in [1.165, 1.54) is 0 Å². The molecule has 3 aromatic rings. The van der Waals surface area contributed by atoms with Gasteiger partial charge in [-0.15, -0.1) is 0 Å². The predicted molar refractivity (Wildman–Crippen MR) is 90.4 cm³/mol. The summed E-state index contributed by atoms with van der Waals surface area (Å²) in [7, 11) is 0. The Morgan fingerprint density at radius 2 is 2.15 bits per heavy atom. The normalized spacial score (nSPS) is 14.4. The van der Waals surface area contributed by atoms with E-state index in [4.69, 9.17) is 13.7 Å². The van der Waals surface area contributed by atoms with E-state index in [2.05, 4.69) is 25.3 Å². The van der Waals surface area contributed by atoms with Crippen LogP contribution in [-0.4, -0.2) is 47.3 Å². The van der Waals surface area contributed by atoms with E-state index < -0.39 is 5.91 Å². The Morgan fingerprint density at radius 3 is 2.96 bits per heavy atom. The molecule has 1 N–H and O–H groups in total. The van der Waals surface area contributed by atoms with Crippen molar-refractivity contribution in [2.75, 3.05) is 31.2 Å². The number of rotatable bonds is 5. The summed E-state index contributed by atoms with van der Waals surface area (Å²) in [6, 6.07) is 7.17. The third-order valence-electron chi connectivity index (χ3n) is 3.96. The summed E-state index contributed by atoms with van der Waals surface area (Å²) in [4.78, 5) is 22.8. The monoisotopic (exact) mass is 355 g/mol. The van der Waals surface area contributed by atoms with Gasteiger partial charge in [0.2, 0.25) is 5.82 Å². The fourth-order valence-electron chi connectivity index (χ4n) is 2.61. The molecular weight excluding hydrogens is 338 g/mol. The average molecular weight is 355 g/mol. The fourth-order valence-corrected chi connectivity index (χ4v) is 2.61. The Morgan fingerprint density at radius 1 is 1.27 bits per heavy atom. The number of aromatic nitrogens is 3. The zero-order valence-corrected chi connectivity index (χ0v) is 13.9. The van der Waals surface area contributed by atoms with Gasteiger partial charge in [0, 0.05) is 24.8 Å². The van der Waals surface area contributed by atoms with Crippen LogP contribution in [0.2, 0.25) is 0 Å². The second-order valence-corrected chi connectivity index (χ2v) is 5.69. The van der Waals surface area contributed by atoms with Crippen molar-refractivity contribution in [2.24, 2.45) is 0 Å². The van der Waals surface area contributed by atoms with Crippen molar-refractivity contribution < 1.29 is 18.5 Å². The summed E-state index contributed by atoms with van der Waals surface area (Å²) in [6.07, 6.45) is 3.23. The lowest BCUT2D eigenvalue weighted by molar-refractivity contribution is 0.0904. The molecule has 1 saturated heterocycles. The average Bonchev–Trinajstić information content (AvgIpc) is 3.39. The zero-order valence-electron chi connectivity index (χ0n) is 13.9. The van der Waals surface area contributed by atoms with Gasteiger partial charge >= 0.3 is 11.8 Å². The summed E-state index contributed by atoms with van der Waals surface area (Å²) in [5, 5.41) is 6.56. The minimum atomic E-state index is -0.456. The van der Waals surface area contributed by atoms with Crippen molar-refractivity contribution in [3.05, 3.63) is 48.4 Å². The second-order valence-electron chi connectivity index (χ2n) is 5.69. The van der Waals surface area contributed by atoms with Gasteiger partial charge in [0.15, 0.2) is 0 Å². The van der Waals surface area contributed by atoms with Gasteiger partial charge < -0.3 is 23.9 Å². The predicted octanol–water partition coefficient (Wildman–Crippen LogP) is 1.49. The summed E-state index contributed by atoms with van der Waals surface area (Å²) >= 11 is 0. The molecule has 4 rings (SSSR count). The van der Waals surface area contributed by atoms with E-state index >= 15 is 0 Å². The number of carbonyl (C=O) groups excluding carboxylic acids is 1. The molecule has 1 fully saturated rings. The maximum Gasteiger partial charge on any atom is 0.316 e. The lowest BCUT2D eigenvalue weighted by Crippen LogP contribution is -2.36. The largest absolute Gasteiger partial charge is 0.467 e. The third kappa shape index (κ3) is 3.57. The number of nitrogens with one attached hydrogen (secondary N) is 1. The van der Waals surface area contributed by atoms with Gasteiger partial charge in [0.25, 0.3) is 0 Å². The minimum absolute atomic E-state index is 0.101. The number of anilines is 1. The van der Waals surface area contributed by atoms with Crippen molar-refractivity contribution >= 4 is 11.7 Å². The Bertz CT molecular complexity index is 871. The molecule has 0 radical (unpaired) electrons. The number of morpholine rings is 1. The first-order valence-electron chi connectivity index (χ1n) is 8.23. The lowest BCUT2D eigenvalue weighted by Gasteiger charge is -2.27. The molecule has 0 aromatic carbocycles. The molecule has 1 amide bonds. The molecule has 0 bridgehead atoms. The number of ether oxygens (including phenoxy) is 1. The molecule has 4 heterocycles. The zero-order chi connectivity index (χ0) is 17.8. The topological polar surface area (TPSA) is 107 Å². The Labute approximate surface area is 149 Å². The first kappa shape index (κ1) is 16.3. The highest BCUT2D eigenvalue weighted by Gasteiger charge is 2.18. The highest BCUT2D eigenvalue weighted by atomic mass is 16.5. The molecule has 26 heavy (non-hydrogen) atoms. The van der Waals surface area contributed by atoms with E-state index in [9.17, 15) is 4.79 Å². The van der Waals surface area contributed by atoms with Crippen LogP contribution in [0.5, 0.6) is 0 Å². The molecule has 0 saturated carbocycles. The summed E-state index contributed by atoms with van der Waals surface area (Å²) in [5.41, 5.74) is 0.732. The molecule has 9 heteroatoms. The van der Waals surface area contributed by atoms with Crippen LogP contribution < -0.4 is 10.2 Å². The molecule has 3 aromatic heterocycles. The summed E-state index contributed by atoms with van der Waals surface area (Å²) < 4.78 is 15.6. The van der Waals surface area contributed by atoms with Crippen LogP contribution in [0.1, 0.15) is 16.4 Å². The van der Waals surface area contributed by atoms with E-state index in [0.717, 1.165) is 24.5 Å². The number of nitrogens with zero attached hydrogens (tertiary/aromatic N) is 4. The minimum Gasteiger partial charge on any atom is -0.467 e. The fraction of sp³-hybridized carbons (Fsp3) is 0.294. The van der Waals surface area contributed by atoms with Gasteiger partial charge in [0.05, 0.1) is 26.0 Å². The van der Waals surface area contributed by atoms with Crippen LogP contribution in [0.15, 0.2) is 45.7 Å². The molecule has 1 aliphatic rings. The quantitative estimate of drug-likeness (QED) is 0.734. The second kappa shape index (κ2) is 7.36.